The Morgan fingerprint density at radius 2 is 2.00 bits per heavy atom. The van der Waals surface area contributed by atoms with E-state index in [9.17, 15) is 5.11 Å². The number of nitrogens with two attached hydrogens (primary N) is 1. The number of benzene rings is 1. The second-order valence-corrected chi connectivity index (χ2v) is 5.56. The molecule has 3 N–H and O–H groups in total. The molecule has 0 saturated heterocycles. The summed E-state index contributed by atoms with van der Waals surface area (Å²) in [7, 11) is 0. The van der Waals surface area contributed by atoms with Crippen molar-refractivity contribution in [2.45, 2.75) is 45.1 Å². The van der Waals surface area contributed by atoms with Gasteiger partial charge in [0.2, 0.25) is 0 Å². The SMILES string of the molecule is CC1CCC(C(N)Cc2cccc(O)c2)CC1. The summed E-state index contributed by atoms with van der Waals surface area (Å²) < 4.78 is 0. The molecule has 1 aromatic carbocycles. The van der Waals surface area contributed by atoms with Crippen LogP contribution in [0.15, 0.2) is 24.3 Å². The van der Waals surface area contributed by atoms with Crippen LogP contribution in [0.1, 0.15) is 38.2 Å². The number of phenols is 1. The van der Waals surface area contributed by atoms with Crippen LogP contribution in [0.25, 0.3) is 0 Å². The molecule has 0 radical (unpaired) electrons. The lowest BCUT2D eigenvalue weighted by molar-refractivity contribution is 0.253. The Bertz CT molecular complexity index is 356. The van der Waals surface area contributed by atoms with Crippen LogP contribution in [-0.2, 0) is 6.42 Å². The quantitative estimate of drug-likeness (QED) is 0.842. The van der Waals surface area contributed by atoms with E-state index in [0.29, 0.717) is 11.7 Å². The standard InChI is InChI=1S/C15H23NO/c1-11-5-7-13(8-6-11)15(16)10-12-3-2-4-14(17)9-12/h2-4,9,11,13,15,17H,5-8,10,16H2,1H3. The monoisotopic (exact) mass is 233 g/mol. The summed E-state index contributed by atoms with van der Waals surface area (Å²) >= 11 is 0. The molecule has 1 fully saturated rings. The highest BCUT2D eigenvalue weighted by Gasteiger charge is 2.23. The number of hydrogen-bond donors (Lipinski definition) is 2. The van der Waals surface area contributed by atoms with E-state index in [0.717, 1.165) is 17.9 Å². The number of aromatic hydroxyl groups is 1. The Balaban J connectivity index is 1.90. The van der Waals surface area contributed by atoms with Crippen molar-refractivity contribution in [3.63, 3.8) is 0 Å². The van der Waals surface area contributed by atoms with Gasteiger partial charge in [0.25, 0.3) is 0 Å². The zero-order valence-corrected chi connectivity index (χ0v) is 10.6. The average molecular weight is 233 g/mol. The molecular weight excluding hydrogens is 210 g/mol. The molecule has 94 valence electrons. The molecule has 1 atom stereocenters. The van der Waals surface area contributed by atoms with Crippen molar-refractivity contribution in [1.29, 1.82) is 0 Å². The van der Waals surface area contributed by atoms with Gasteiger partial charge in [0, 0.05) is 6.04 Å². The summed E-state index contributed by atoms with van der Waals surface area (Å²) in [5, 5.41) is 9.43. The van der Waals surface area contributed by atoms with E-state index in [2.05, 4.69) is 6.92 Å². The van der Waals surface area contributed by atoms with Gasteiger partial charge in [0.05, 0.1) is 0 Å². The van der Waals surface area contributed by atoms with Gasteiger partial charge in [-0.2, -0.15) is 0 Å². The molecule has 2 nitrogen and oxygen atoms in total. The Hall–Kier alpha value is -1.02. The first-order chi connectivity index (χ1) is 8.15. The maximum atomic E-state index is 9.43. The fraction of sp³-hybridized carbons (Fsp3) is 0.600. The highest BCUT2D eigenvalue weighted by Crippen LogP contribution is 2.30. The molecule has 0 amide bonds. The third-order valence-corrected chi connectivity index (χ3v) is 4.05. The highest BCUT2D eigenvalue weighted by atomic mass is 16.3. The van der Waals surface area contributed by atoms with Crippen molar-refractivity contribution in [1.82, 2.24) is 0 Å². The smallest absolute Gasteiger partial charge is 0.115 e. The predicted molar refractivity (Wildman–Crippen MR) is 70.9 cm³/mol. The molecule has 1 unspecified atom stereocenters. The minimum absolute atomic E-state index is 0.240. The molecule has 0 bridgehead atoms. The molecule has 0 aliphatic heterocycles. The van der Waals surface area contributed by atoms with Crippen LogP contribution < -0.4 is 5.73 Å². The Morgan fingerprint density at radius 3 is 2.65 bits per heavy atom. The number of phenolic OH excluding ortho intramolecular Hbond substituents is 1. The van der Waals surface area contributed by atoms with Gasteiger partial charge < -0.3 is 10.8 Å². The molecule has 17 heavy (non-hydrogen) atoms. The summed E-state index contributed by atoms with van der Waals surface area (Å²) in [5.74, 6) is 1.87. The van der Waals surface area contributed by atoms with E-state index in [1.54, 1.807) is 6.07 Å². The van der Waals surface area contributed by atoms with Gasteiger partial charge in [-0.1, -0.05) is 31.9 Å². The second-order valence-electron chi connectivity index (χ2n) is 5.56. The first-order valence-corrected chi connectivity index (χ1v) is 6.68. The van der Waals surface area contributed by atoms with Gasteiger partial charge in [-0.3, -0.25) is 0 Å². The maximum absolute atomic E-state index is 9.43. The average Bonchev–Trinajstić information content (AvgIpc) is 2.29. The third kappa shape index (κ3) is 3.47. The first-order valence-electron chi connectivity index (χ1n) is 6.68. The molecule has 2 rings (SSSR count). The number of rotatable bonds is 3. The second kappa shape index (κ2) is 5.54. The molecule has 2 heteroatoms. The lowest BCUT2D eigenvalue weighted by atomic mass is 9.78. The summed E-state index contributed by atoms with van der Waals surface area (Å²) in [5.41, 5.74) is 7.44. The largest absolute Gasteiger partial charge is 0.508 e. The fourth-order valence-corrected chi connectivity index (χ4v) is 2.84. The Kier molecular flexibility index (Phi) is 4.06. The molecule has 0 heterocycles. The first kappa shape index (κ1) is 12.4. The minimum Gasteiger partial charge on any atom is -0.508 e. The van der Waals surface area contributed by atoms with Crippen LogP contribution in [0.3, 0.4) is 0 Å². The molecule has 1 aromatic rings. The van der Waals surface area contributed by atoms with Gasteiger partial charge >= 0.3 is 0 Å². The van der Waals surface area contributed by atoms with E-state index < -0.39 is 0 Å². The zero-order valence-electron chi connectivity index (χ0n) is 10.6. The van der Waals surface area contributed by atoms with E-state index >= 15 is 0 Å². The zero-order chi connectivity index (χ0) is 12.3. The van der Waals surface area contributed by atoms with Crippen molar-refractivity contribution in [3.8, 4) is 5.75 Å². The molecule has 1 aliphatic carbocycles. The molecule has 0 spiro atoms. The lowest BCUT2D eigenvalue weighted by Crippen LogP contribution is -2.34. The van der Waals surface area contributed by atoms with Crippen LogP contribution in [-0.4, -0.2) is 11.1 Å². The fourth-order valence-electron chi connectivity index (χ4n) is 2.84. The number of hydrogen-bond acceptors (Lipinski definition) is 2. The van der Waals surface area contributed by atoms with E-state index in [1.165, 1.54) is 25.7 Å². The van der Waals surface area contributed by atoms with E-state index in [1.807, 2.05) is 18.2 Å². The topological polar surface area (TPSA) is 46.2 Å². The molecule has 0 aromatic heterocycles. The van der Waals surface area contributed by atoms with Crippen LogP contribution in [0.5, 0.6) is 5.75 Å². The van der Waals surface area contributed by atoms with Gasteiger partial charge in [0.15, 0.2) is 0 Å². The van der Waals surface area contributed by atoms with Crippen molar-refractivity contribution >= 4 is 0 Å². The summed E-state index contributed by atoms with van der Waals surface area (Å²) in [6, 6.07) is 7.71. The van der Waals surface area contributed by atoms with Crippen molar-refractivity contribution in [3.05, 3.63) is 29.8 Å². The minimum atomic E-state index is 0.240. The maximum Gasteiger partial charge on any atom is 0.115 e. The highest BCUT2D eigenvalue weighted by molar-refractivity contribution is 5.27. The molecular formula is C15H23NO. The van der Waals surface area contributed by atoms with Crippen LogP contribution in [0.2, 0.25) is 0 Å². The van der Waals surface area contributed by atoms with Crippen molar-refractivity contribution in [2.24, 2.45) is 17.6 Å². The van der Waals surface area contributed by atoms with Gasteiger partial charge in [-0.05, 0) is 48.8 Å². The molecule has 1 saturated carbocycles. The Labute approximate surface area is 104 Å². The summed E-state index contributed by atoms with van der Waals surface area (Å²) in [6.45, 7) is 2.33. The van der Waals surface area contributed by atoms with Crippen molar-refractivity contribution < 1.29 is 5.11 Å². The summed E-state index contributed by atoms with van der Waals surface area (Å²) in [4.78, 5) is 0. The lowest BCUT2D eigenvalue weighted by Gasteiger charge is -2.30. The van der Waals surface area contributed by atoms with Gasteiger partial charge in [-0.25, -0.2) is 0 Å². The van der Waals surface area contributed by atoms with Crippen LogP contribution >= 0.6 is 0 Å². The van der Waals surface area contributed by atoms with Gasteiger partial charge in [-0.15, -0.1) is 0 Å². The Morgan fingerprint density at radius 1 is 1.29 bits per heavy atom. The van der Waals surface area contributed by atoms with Gasteiger partial charge in [0.1, 0.15) is 5.75 Å². The van der Waals surface area contributed by atoms with E-state index in [-0.39, 0.29) is 6.04 Å². The normalized spacial score (nSPS) is 26.7. The molecule has 1 aliphatic rings. The van der Waals surface area contributed by atoms with Crippen LogP contribution in [0.4, 0.5) is 0 Å². The van der Waals surface area contributed by atoms with Crippen molar-refractivity contribution in [2.75, 3.05) is 0 Å². The summed E-state index contributed by atoms with van der Waals surface area (Å²) in [6.07, 6.45) is 6.05. The van der Waals surface area contributed by atoms with Crippen LogP contribution in [0, 0.1) is 11.8 Å². The van der Waals surface area contributed by atoms with E-state index in [4.69, 9.17) is 5.73 Å². The third-order valence-electron chi connectivity index (χ3n) is 4.05. The predicted octanol–water partition coefficient (Wildman–Crippen LogP) is 3.09.